The number of benzene rings is 2. The number of amides is 2. The van der Waals surface area contributed by atoms with E-state index < -0.39 is 23.4 Å². The summed E-state index contributed by atoms with van der Waals surface area (Å²) in [6.07, 6.45) is 1.97. The Morgan fingerprint density at radius 3 is 2.18 bits per heavy atom. The average molecular weight is 451 g/mol. The lowest BCUT2D eigenvalue weighted by atomic mass is 9.98. The molecule has 33 heavy (non-hydrogen) atoms. The second kappa shape index (κ2) is 9.65. The molecule has 7 nitrogen and oxygen atoms in total. The minimum atomic E-state index is -0.869. The highest BCUT2D eigenvalue weighted by Crippen LogP contribution is 2.45. The average Bonchev–Trinajstić information content (AvgIpc) is 3.56. The summed E-state index contributed by atoms with van der Waals surface area (Å²) in [5, 5.41) is 14.8. The van der Waals surface area contributed by atoms with Crippen molar-refractivity contribution >= 4 is 18.0 Å². The molecule has 2 aromatic carbocycles. The van der Waals surface area contributed by atoms with E-state index >= 15 is 0 Å². The van der Waals surface area contributed by atoms with Gasteiger partial charge in [0.2, 0.25) is 5.91 Å². The number of carbonyl (C=O) groups excluding carboxylic acids is 2. The molecule has 4 rings (SSSR count). The van der Waals surface area contributed by atoms with E-state index in [-0.39, 0.29) is 31.5 Å². The molecule has 1 fully saturated rings. The second-order valence-electron chi connectivity index (χ2n) is 9.00. The molecule has 2 aliphatic rings. The van der Waals surface area contributed by atoms with E-state index in [1.54, 1.807) is 0 Å². The Bertz CT molecular complexity index is 1000. The van der Waals surface area contributed by atoms with Crippen molar-refractivity contribution in [3.05, 3.63) is 59.7 Å². The lowest BCUT2D eigenvalue weighted by Crippen LogP contribution is -2.42. The van der Waals surface area contributed by atoms with Crippen molar-refractivity contribution in [2.45, 2.75) is 38.5 Å². The van der Waals surface area contributed by atoms with Crippen molar-refractivity contribution in [3.63, 3.8) is 0 Å². The third-order valence-corrected chi connectivity index (χ3v) is 6.75. The largest absolute Gasteiger partial charge is 0.481 e. The van der Waals surface area contributed by atoms with E-state index in [9.17, 15) is 19.5 Å². The van der Waals surface area contributed by atoms with Crippen molar-refractivity contribution in [2.75, 3.05) is 19.7 Å². The number of nitrogens with one attached hydrogen (secondary N) is 2. The third-order valence-electron chi connectivity index (χ3n) is 6.75. The molecule has 0 radical (unpaired) electrons. The van der Waals surface area contributed by atoms with Crippen LogP contribution in [0.3, 0.4) is 0 Å². The van der Waals surface area contributed by atoms with Crippen LogP contribution >= 0.6 is 0 Å². The van der Waals surface area contributed by atoms with Gasteiger partial charge < -0.3 is 20.5 Å². The molecule has 2 aromatic rings. The van der Waals surface area contributed by atoms with Crippen LogP contribution in [-0.2, 0) is 14.3 Å². The summed E-state index contributed by atoms with van der Waals surface area (Å²) in [6.45, 7) is 2.46. The fraction of sp³-hybridized carbons (Fsp3) is 0.423. The fourth-order valence-electron chi connectivity index (χ4n) is 4.55. The van der Waals surface area contributed by atoms with Gasteiger partial charge in [0.1, 0.15) is 6.61 Å². The number of carbonyl (C=O) groups is 3. The molecule has 1 atom stereocenters. The molecule has 2 amide bonds. The van der Waals surface area contributed by atoms with E-state index in [1.165, 1.54) is 0 Å². The molecule has 1 unspecified atom stereocenters. The number of hydrogen-bond donors (Lipinski definition) is 3. The number of carboxylic acids is 1. The van der Waals surface area contributed by atoms with Crippen molar-refractivity contribution in [2.24, 2.45) is 11.3 Å². The van der Waals surface area contributed by atoms with Gasteiger partial charge in [0.05, 0.1) is 11.3 Å². The summed E-state index contributed by atoms with van der Waals surface area (Å²) in [5.41, 5.74) is 3.80. The Morgan fingerprint density at radius 2 is 1.64 bits per heavy atom. The molecule has 174 valence electrons. The number of alkyl carbamates (subject to hydrolysis) is 1. The first-order chi connectivity index (χ1) is 15.9. The molecule has 0 heterocycles. The molecule has 0 spiro atoms. The summed E-state index contributed by atoms with van der Waals surface area (Å²) in [5.74, 6) is -1.56. The minimum Gasteiger partial charge on any atom is -0.481 e. The van der Waals surface area contributed by atoms with Gasteiger partial charge in [0, 0.05) is 19.0 Å². The highest BCUT2D eigenvalue weighted by molar-refractivity contribution is 5.83. The van der Waals surface area contributed by atoms with E-state index in [0.717, 1.165) is 28.7 Å². The molecule has 3 N–H and O–H groups in total. The molecule has 0 aromatic heterocycles. The SMILES string of the molecule is CCCC(CNC(=O)OCC1c2ccccc2-c2ccccc21)C(=O)NCC1(C(=O)O)CC1. The van der Waals surface area contributed by atoms with E-state index in [1.807, 2.05) is 31.2 Å². The zero-order valence-electron chi connectivity index (χ0n) is 18.8. The zero-order chi connectivity index (χ0) is 23.4. The van der Waals surface area contributed by atoms with Gasteiger partial charge in [-0.05, 0) is 41.5 Å². The minimum absolute atomic E-state index is 0.0244. The highest BCUT2D eigenvalue weighted by atomic mass is 16.5. The number of carboxylic acid groups (broad SMARTS) is 1. The van der Waals surface area contributed by atoms with Crippen LogP contribution in [0.1, 0.15) is 49.7 Å². The molecule has 0 saturated heterocycles. The molecule has 2 aliphatic carbocycles. The molecule has 1 saturated carbocycles. The summed E-state index contributed by atoms with van der Waals surface area (Å²) < 4.78 is 5.54. The van der Waals surface area contributed by atoms with Crippen molar-refractivity contribution < 1.29 is 24.2 Å². The fourth-order valence-corrected chi connectivity index (χ4v) is 4.55. The van der Waals surface area contributed by atoms with Gasteiger partial charge in [-0.2, -0.15) is 0 Å². The monoisotopic (exact) mass is 450 g/mol. The Hall–Kier alpha value is -3.35. The van der Waals surface area contributed by atoms with Gasteiger partial charge in [-0.3, -0.25) is 9.59 Å². The lowest BCUT2D eigenvalue weighted by molar-refractivity contribution is -0.143. The number of ether oxygens (including phenoxy) is 1. The van der Waals surface area contributed by atoms with E-state index in [4.69, 9.17) is 4.74 Å². The maximum atomic E-state index is 12.6. The van der Waals surface area contributed by atoms with Gasteiger partial charge in [-0.15, -0.1) is 0 Å². The summed E-state index contributed by atoms with van der Waals surface area (Å²) in [7, 11) is 0. The molecular formula is C26H30N2O5. The number of hydrogen-bond acceptors (Lipinski definition) is 4. The molecule has 0 bridgehead atoms. The van der Waals surface area contributed by atoms with Gasteiger partial charge in [0.25, 0.3) is 0 Å². The van der Waals surface area contributed by atoms with Crippen LogP contribution in [0.15, 0.2) is 48.5 Å². The van der Waals surface area contributed by atoms with Gasteiger partial charge in [-0.25, -0.2) is 4.79 Å². The summed E-state index contributed by atoms with van der Waals surface area (Å²) in [6, 6.07) is 16.3. The van der Waals surface area contributed by atoms with E-state index in [0.29, 0.717) is 19.3 Å². The van der Waals surface area contributed by atoms with Gasteiger partial charge in [0.15, 0.2) is 0 Å². The van der Waals surface area contributed by atoms with Crippen LogP contribution in [0.4, 0.5) is 4.79 Å². The lowest BCUT2D eigenvalue weighted by Gasteiger charge is -2.19. The first-order valence-electron chi connectivity index (χ1n) is 11.5. The molecule has 7 heteroatoms. The van der Waals surface area contributed by atoms with Crippen LogP contribution in [0, 0.1) is 11.3 Å². The maximum Gasteiger partial charge on any atom is 0.407 e. The zero-order valence-corrected chi connectivity index (χ0v) is 18.8. The summed E-state index contributed by atoms with van der Waals surface area (Å²) >= 11 is 0. The maximum absolute atomic E-state index is 12.6. The van der Waals surface area contributed by atoms with Crippen molar-refractivity contribution in [1.82, 2.24) is 10.6 Å². The smallest absolute Gasteiger partial charge is 0.407 e. The first kappa shape index (κ1) is 22.8. The quantitative estimate of drug-likeness (QED) is 0.509. The number of rotatable bonds is 10. The third kappa shape index (κ3) is 4.87. The Morgan fingerprint density at radius 1 is 1.03 bits per heavy atom. The van der Waals surface area contributed by atoms with E-state index in [2.05, 4.69) is 34.9 Å². The highest BCUT2D eigenvalue weighted by Gasteiger charge is 2.50. The predicted octanol–water partition coefficient (Wildman–Crippen LogP) is 3.92. The standard InChI is InChI=1S/C26H30N2O5/c1-2-7-17(23(29)28-16-26(12-13-26)24(30)31)14-27-25(32)33-15-22-20-10-5-3-8-18(20)19-9-4-6-11-21(19)22/h3-6,8-11,17,22H,2,7,12-16H2,1H3,(H,27,32)(H,28,29)(H,30,31). The van der Waals surface area contributed by atoms with Gasteiger partial charge in [-0.1, -0.05) is 61.9 Å². The Balaban J connectivity index is 1.30. The molecule has 0 aliphatic heterocycles. The Labute approximate surface area is 193 Å². The van der Waals surface area contributed by atoms with Crippen LogP contribution in [0.2, 0.25) is 0 Å². The van der Waals surface area contributed by atoms with Crippen LogP contribution in [0.25, 0.3) is 11.1 Å². The first-order valence-corrected chi connectivity index (χ1v) is 11.5. The van der Waals surface area contributed by atoms with Crippen LogP contribution in [0.5, 0.6) is 0 Å². The van der Waals surface area contributed by atoms with Crippen LogP contribution < -0.4 is 10.6 Å². The predicted molar refractivity (Wildman–Crippen MR) is 124 cm³/mol. The van der Waals surface area contributed by atoms with Gasteiger partial charge >= 0.3 is 12.1 Å². The van der Waals surface area contributed by atoms with Crippen LogP contribution in [-0.4, -0.2) is 42.8 Å². The Kier molecular flexibility index (Phi) is 6.67. The number of fused-ring (bicyclic) bond motifs is 3. The van der Waals surface area contributed by atoms with Crippen molar-refractivity contribution in [3.8, 4) is 11.1 Å². The normalized spacial score (nSPS) is 16.3. The second-order valence-corrected chi connectivity index (χ2v) is 9.00. The number of aliphatic carboxylic acids is 1. The van der Waals surface area contributed by atoms with Crippen molar-refractivity contribution in [1.29, 1.82) is 0 Å². The molecular weight excluding hydrogens is 420 g/mol. The summed E-state index contributed by atoms with van der Waals surface area (Å²) in [4.78, 5) is 36.3. The topological polar surface area (TPSA) is 105 Å².